The molecule has 0 atom stereocenters. The summed E-state index contributed by atoms with van der Waals surface area (Å²) in [6.07, 6.45) is 0.00634. The van der Waals surface area contributed by atoms with Gasteiger partial charge in [0.2, 0.25) is 5.91 Å². The Bertz CT molecular complexity index is 2090. The Morgan fingerprint density at radius 2 is 1.40 bits per heavy atom. The molecule has 14 nitrogen and oxygen atoms in total. The molecule has 4 aromatic carbocycles. The van der Waals surface area contributed by atoms with Gasteiger partial charge in [0.15, 0.2) is 15.6 Å². The number of benzene rings is 4. The van der Waals surface area contributed by atoms with E-state index in [1.807, 2.05) is 0 Å². The van der Waals surface area contributed by atoms with Gasteiger partial charge in [-0.25, -0.2) is 8.42 Å². The lowest BCUT2D eigenvalue weighted by atomic mass is 10.1. The number of carbonyl (C=O) groups excluding carboxylic acids is 1. The zero-order chi connectivity index (χ0) is 34.5. The molecule has 0 bridgehead atoms. The molecule has 248 valence electrons. The number of amides is 1. The Morgan fingerprint density at radius 3 is 1.94 bits per heavy atom. The Hall–Kier alpha value is -4.61. The van der Waals surface area contributed by atoms with Gasteiger partial charge >= 0.3 is 0 Å². The Labute approximate surface area is 271 Å². The predicted molar refractivity (Wildman–Crippen MR) is 175 cm³/mol. The van der Waals surface area contributed by atoms with E-state index in [4.69, 9.17) is 0 Å². The predicted octanol–water partition coefficient (Wildman–Crippen LogP) is 6.11. The summed E-state index contributed by atoms with van der Waals surface area (Å²) < 4.78 is 60.1. The van der Waals surface area contributed by atoms with Crippen LogP contribution in [0, 0.1) is 13.8 Å². The van der Waals surface area contributed by atoms with Crippen molar-refractivity contribution in [3.8, 4) is 5.75 Å². The third-order valence-corrected chi connectivity index (χ3v) is 10.4. The number of phenols is 1. The van der Waals surface area contributed by atoms with Crippen molar-refractivity contribution in [3.63, 3.8) is 0 Å². The van der Waals surface area contributed by atoms with Crippen molar-refractivity contribution in [2.24, 2.45) is 20.5 Å². The third-order valence-electron chi connectivity index (χ3n) is 7.22. The number of sulfone groups is 1. The minimum Gasteiger partial charge on any atom is -0.505 e. The Morgan fingerprint density at radius 1 is 0.830 bits per heavy atom. The maximum atomic E-state index is 12.9. The summed E-state index contributed by atoms with van der Waals surface area (Å²) in [4.78, 5) is 11.1. The standard InChI is InChI=1S/C31H33N5O9S2/c1-18-16-27(35-36-30-28(47(43,44)45)17-21-5-4-6-25(32-20(3)39)29(21)31(30)40)19(2)15-26(18)34-33-22-7-9-23(10-8-22)46(41,42)24(11-13-37)12-14-38/h4-10,15-17,24,37-38,40H,11-14H2,1-3H3,(H,32,39)(H,43,44,45). The summed E-state index contributed by atoms with van der Waals surface area (Å²) in [5.74, 6) is -1.03. The van der Waals surface area contributed by atoms with Crippen LogP contribution in [0.25, 0.3) is 10.8 Å². The highest BCUT2D eigenvalue weighted by molar-refractivity contribution is 7.92. The number of nitrogens with one attached hydrogen (secondary N) is 1. The molecule has 5 N–H and O–H groups in total. The van der Waals surface area contributed by atoms with Gasteiger partial charge < -0.3 is 20.6 Å². The molecule has 0 aromatic heterocycles. The van der Waals surface area contributed by atoms with Crippen LogP contribution in [0.4, 0.5) is 28.4 Å². The van der Waals surface area contributed by atoms with Crippen LogP contribution in [0.2, 0.25) is 0 Å². The number of nitrogens with zero attached hydrogens (tertiary/aromatic N) is 4. The van der Waals surface area contributed by atoms with Gasteiger partial charge in [-0.05, 0) is 91.7 Å². The zero-order valence-electron chi connectivity index (χ0n) is 25.6. The Kier molecular flexibility index (Phi) is 10.8. The molecule has 0 aliphatic rings. The number of aliphatic hydroxyl groups is 2. The van der Waals surface area contributed by atoms with Gasteiger partial charge in [-0.15, -0.1) is 5.11 Å². The highest BCUT2D eigenvalue weighted by atomic mass is 32.2. The van der Waals surface area contributed by atoms with E-state index in [0.29, 0.717) is 28.2 Å². The van der Waals surface area contributed by atoms with Crippen LogP contribution < -0.4 is 5.32 Å². The molecule has 16 heteroatoms. The fourth-order valence-electron chi connectivity index (χ4n) is 4.84. The van der Waals surface area contributed by atoms with E-state index < -0.39 is 47.4 Å². The quantitative estimate of drug-likeness (QED) is 0.0856. The average Bonchev–Trinajstić information content (AvgIpc) is 3.00. The maximum Gasteiger partial charge on any atom is 0.296 e. The number of hydrogen-bond donors (Lipinski definition) is 5. The highest BCUT2D eigenvalue weighted by Crippen LogP contribution is 2.44. The van der Waals surface area contributed by atoms with Crippen molar-refractivity contribution in [3.05, 3.63) is 71.8 Å². The number of carbonyl (C=O) groups is 1. The fraction of sp³-hybridized carbons (Fsp3) is 0.258. The number of fused-ring (bicyclic) bond motifs is 1. The van der Waals surface area contributed by atoms with Crippen LogP contribution in [0.1, 0.15) is 30.9 Å². The molecule has 0 radical (unpaired) electrons. The molecule has 0 saturated carbocycles. The van der Waals surface area contributed by atoms with E-state index in [-0.39, 0.29) is 47.4 Å². The lowest BCUT2D eigenvalue weighted by molar-refractivity contribution is -0.114. The molecule has 1 amide bonds. The summed E-state index contributed by atoms with van der Waals surface area (Å²) in [5, 5.41) is 48.1. The van der Waals surface area contributed by atoms with E-state index in [9.17, 15) is 41.5 Å². The SMILES string of the molecule is CC(=O)Nc1cccc2cc(S(=O)(=O)O)c(N=Nc3cc(C)c(N=Nc4ccc(S(=O)(=O)C(CCO)CCO)cc4)cc3C)c(O)c12. The van der Waals surface area contributed by atoms with Crippen LogP contribution in [0.5, 0.6) is 5.75 Å². The highest BCUT2D eigenvalue weighted by Gasteiger charge is 2.27. The van der Waals surface area contributed by atoms with E-state index >= 15 is 0 Å². The number of anilines is 1. The van der Waals surface area contributed by atoms with Crippen molar-refractivity contribution in [1.29, 1.82) is 0 Å². The van der Waals surface area contributed by atoms with Gasteiger partial charge in [-0.2, -0.15) is 23.8 Å². The van der Waals surface area contributed by atoms with Gasteiger partial charge in [0.25, 0.3) is 10.1 Å². The lowest BCUT2D eigenvalue weighted by Gasteiger charge is -2.15. The number of phenolic OH excluding ortho intramolecular Hbond substituents is 1. The minimum absolute atomic E-state index is 0.00317. The molecule has 0 spiro atoms. The normalized spacial score (nSPS) is 12.5. The second-order valence-corrected chi connectivity index (χ2v) is 14.3. The summed E-state index contributed by atoms with van der Waals surface area (Å²) in [6.45, 7) is 4.04. The van der Waals surface area contributed by atoms with Gasteiger partial charge in [-0.1, -0.05) is 12.1 Å². The van der Waals surface area contributed by atoms with Gasteiger partial charge in [0.05, 0.1) is 32.9 Å². The van der Waals surface area contributed by atoms with Crippen LogP contribution in [0.3, 0.4) is 0 Å². The van der Waals surface area contributed by atoms with Crippen molar-refractivity contribution in [1.82, 2.24) is 0 Å². The number of azo groups is 2. The molecule has 4 aromatic rings. The van der Waals surface area contributed by atoms with E-state index in [1.165, 1.54) is 43.3 Å². The molecular formula is C31H33N5O9S2. The van der Waals surface area contributed by atoms with Crippen molar-refractivity contribution in [2.45, 2.75) is 48.7 Å². The maximum absolute atomic E-state index is 12.9. The largest absolute Gasteiger partial charge is 0.505 e. The molecule has 4 rings (SSSR count). The summed E-state index contributed by atoms with van der Waals surface area (Å²) in [5.41, 5.74) is 1.96. The minimum atomic E-state index is -4.85. The molecule has 0 fully saturated rings. The van der Waals surface area contributed by atoms with E-state index in [2.05, 4.69) is 25.8 Å². The molecule has 0 heterocycles. The van der Waals surface area contributed by atoms with Crippen molar-refractivity contribution < 1.29 is 41.5 Å². The first kappa shape index (κ1) is 35.2. The zero-order valence-corrected chi connectivity index (χ0v) is 27.2. The number of aliphatic hydroxyl groups excluding tert-OH is 2. The van der Waals surface area contributed by atoms with E-state index in [0.717, 1.165) is 6.07 Å². The molecule has 47 heavy (non-hydrogen) atoms. The van der Waals surface area contributed by atoms with Crippen LogP contribution in [0.15, 0.2) is 90.9 Å². The number of hydrogen-bond acceptors (Lipinski definition) is 12. The average molecular weight is 684 g/mol. The van der Waals surface area contributed by atoms with Crippen LogP contribution in [-0.2, 0) is 24.7 Å². The second kappa shape index (κ2) is 14.4. The summed E-state index contributed by atoms with van der Waals surface area (Å²) in [6, 6.07) is 14.7. The Balaban J connectivity index is 1.65. The molecular weight excluding hydrogens is 651 g/mol. The lowest BCUT2D eigenvalue weighted by Crippen LogP contribution is -2.24. The van der Waals surface area contributed by atoms with Gasteiger partial charge in [0.1, 0.15) is 10.6 Å². The van der Waals surface area contributed by atoms with Gasteiger partial charge in [0, 0.05) is 25.5 Å². The fourth-order valence-corrected chi connectivity index (χ4v) is 7.23. The summed E-state index contributed by atoms with van der Waals surface area (Å²) in [7, 11) is -8.62. The number of aromatic hydroxyl groups is 1. The van der Waals surface area contributed by atoms with Crippen molar-refractivity contribution in [2.75, 3.05) is 18.5 Å². The monoisotopic (exact) mass is 683 g/mol. The van der Waals surface area contributed by atoms with Crippen molar-refractivity contribution >= 4 is 65.1 Å². The first-order valence-electron chi connectivity index (χ1n) is 14.2. The molecule has 0 aliphatic carbocycles. The molecule has 0 unspecified atom stereocenters. The molecule has 0 aliphatic heterocycles. The van der Waals surface area contributed by atoms with Gasteiger partial charge in [-0.3, -0.25) is 9.35 Å². The first-order chi connectivity index (χ1) is 22.2. The smallest absolute Gasteiger partial charge is 0.296 e. The first-order valence-corrected chi connectivity index (χ1v) is 17.2. The number of rotatable bonds is 12. The third kappa shape index (κ3) is 8.04. The van der Waals surface area contributed by atoms with Crippen LogP contribution >= 0.6 is 0 Å². The summed E-state index contributed by atoms with van der Waals surface area (Å²) >= 11 is 0. The van der Waals surface area contributed by atoms with E-state index in [1.54, 1.807) is 32.0 Å². The molecule has 0 saturated heterocycles. The number of aryl methyl sites for hydroxylation is 2. The topological polar surface area (TPSA) is 228 Å². The van der Waals surface area contributed by atoms with Crippen LogP contribution in [-0.4, -0.2) is 61.1 Å². The second-order valence-electron chi connectivity index (χ2n) is 10.6.